The molecule has 0 N–H and O–H groups in total. The first-order valence-corrected chi connectivity index (χ1v) is 8.23. The number of carbonyl (C=O) groups excluding carboxylic acids is 1. The van der Waals surface area contributed by atoms with Crippen LogP contribution in [0.15, 0.2) is 18.2 Å². The van der Waals surface area contributed by atoms with E-state index in [-0.39, 0.29) is 6.09 Å². The maximum absolute atomic E-state index is 12.3. The lowest BCUT2D eigenvalue weighted by Crippen LogP contribution is -2.41. The molecular weight excluding hydrogens is 304 g/mol. The standard InChI is InChI=1S/C18H24N4O2/c1-12-7-6-8-14(19-12)16-13(2)15-11-21(9-10-22(15)20-16)17(23)24-18(3,4)5/h6-8H,9-11H2,1-5H3. The lowest BCUT2D eigenvalue weighted by atomic mass is 10.1. The van der Waals surface area contributed by atoms with E-state index in [1.54, 1.807) is 4.90 Å². The van der Waals surface area contributed by atoms with E-state index in [1.165, 1.54) is 0 Å². The van der Waals surface area contributed by atoms with Crippen molar-refractivity contribution in [2.75, 3.05) is 6.54 Å². The molecule has 0 atom stereocenters. The minimum absolute atomic E-state index is 0.274. The molecule has 2 aromatic rings. The maximum atomic E-state index is 12.3. The highest BCUT2D eigenvalue weighted by Crippen LogP contribution is 2.27. The van der Waals surface area contributed by atoms with Crippen molar-refractivity contribution >= 4 is 6.09 Å². The predicted octanol–water partition coefficient (Wildman–Crippen LogP) is 3.31. The predicted molar refractivity (Wildman–Crippen MR) is 91.6 cm³/mol. The average molecular weight is 328 g/mol. The molecule has 6 heteroatoms. The van der Waals surface area contributed by atoms with E-state index < -0.39 is 5.60 Å². The van der Waals surface area contributed by atoms with Gasteiger partial charge in [-0.05, 0) is 46.8 Å². The third kappa shape index (κ3) is 3.27. The number of aryl methyl sites for hydroxylation is 1. The molecular formula is C18H24N4O2. The highest BCUT2D eigenvalue weighted by atomic mass is 16.6. The van der Waals surface area contributed by atoms with Gasteiger partial charge >= 0.3 is 6.09 Å². The number of amides is 1. The Hall–Kier alpha value is -2.37. The van der Waals surface area contributed by atoms with Crippen LogP contribution < -0.4 is 0 Å². The minimum Gasteiger partial charge on any atom is -0.444 e. The normalized spacial score (nSPS) is 14.5. The van der Waals surface area contributed by atoms with Crippen molar-refractivity contribution in [3.8, 4) is 11.4 Å². The smallest absolute Gasteiger partial charge is 0.410 e. The molecule has 0 aromatic carbocycles. The van der Waals surface area contributed by atoms with E-state index in [0.29, 0.717) is 19.6 Å². The summed E-state index contributed by atoms with van der Waals surface area (Å²) in [6, 6.07) is 5.93. The van der Waals surface area contributed by atoms with Gasteiger partial charge in [-0.15, -0.1) is 0 Å². The van der Waals surface area contributed by atoms with Gasteiger partial charge in [-0.3, -0.25) is 9.67 Å². The molecule has 128 valence electrons. The Morgan fingerprint density at radius 2 is 1.96 bits per heavy atom. The topological polar surface area (TPSA) is 60.2 Å². The number of ether oxygens (including phenoxy) is 1. The first-order valence-electron chi connectivity index (χ1n) is 8.23. The van der Waals surface area contributed by atoms with Gasteiger partial charge in [0, 0.05) is 17.8 Å². The monoisotopic (exact) mass is 328 g/mol. The third-order valence-electron chi connectivity index (χ3n) is 4.03. The summed E-state index contributed by atoms with van der Waals surface area (Å²) in [6.07, 6.45) is -0.274. The summed E-state index contributed by atoms with van der Waals surface area (Å²) in [4.78, 5) is 18.6. The first kappa shape index (κ1) is 16.5. The van der Waals surface area contributed by atoms with Crippen LogP contribution >= 0.6 is 0 Å². The quantitative estimate of drug-likeness (QED) is 0.806. The number of pyridine rings is 1. The summed E-state index contributed by atoms with van der Waals surface area (Å²) >= 11 is 0. The molecule has 0 unspecified atom stereocenters. The van der Waals surface area contributed by atoms with Crippen LogP contribution in [0.1, 0.15) is 37.7 Å². The van der Waals surface area contributed by atoms with Gasteiger partial charge in [0.2, 0.25) is 0 Å². The van der Waals surface area contributed by atoms with E-state index in [1.807, 2.05) is 57.5 Å². The van der Waals surface area contributed by atoms with Crippen molar-refractivity contribution in [3.63, 3.8) is 0 Å². The second kappa shape index (κ2) is 5.92. The molecule has 0 saturated carbocycles. The summed E-state index contributed by atoms with van der Waals surface area (Å²) in [5.74, 6) is 0. The van der Waals surface area contributed by atoms with Gasteiger partial charge in [-0.2, -0.15) is 5.10 Å². The van der Waals surface area contributed by atoms with Crippen molar-refractivity contribution in [2.45, 2.75) is 53.3 Å². The van der Waals surface area contributed by atoms with Crippen LogP contribution in [0.5, 0.6) is 0 Å². The fraction of sp³-hybridized carbons (Fsp3) is 0.500. The summed E-state index contributed by atoms with van der Waals surface area (Å²) in [5.41, 5.74) is 4.36. The number of hydrogen-bond acceptors (Lipinski definition) is 4. The molecule has 0 aliphatic carbocycles. The molecule has 3 rings (SSSR count). The summed E-state index contributed by atoms with van der Waals surface area (Å²) < 4.78 is 7.47. The molecule has 3 heterocycles. The number of fused-ring (bicyclic) bond motifs is 1. The second-order valence-electron chi connectivity index (χ2n) is 7.21. The van der Waals surface area contributed by atoms with Crippen molar-refractivity contribution < 1.29 is 9.53 Å². The van der Waals surface area contributed by atoms with Crippen LogP contribution in [0.25, 0.3) is 11.4 Å². The molecule has 0 fully saturated rings. The Balaban J connectivity index is 1.86. The fourth-order valence-corrected chi connectivity index (χ4v) is 2.85. The minimum atomic E-state index is -0.486. The number of rotatable bonds is 1. The molecule has 1 aliphatic rings. The van der Waals surface area contributed by atoms with Crippen molar-refractivity contribution in [1.82, 2.24) is 19.7 Å². The molecule has 1 amide bonds. The zero-order valence-corrected chi connectivity index (χ0v) is 15.0. The van der Waals surface area contributed by atoms with Crippen molar-refractivity contribution in [1.29, 1.82) is 0 Å². The van der Waals surface area contributed by atoms with Crippen LogP contribution in [0.4, 0.5) is 4.79 Å². The van der Waals surface area contributed by atoms with Gasteiger partial charge < -0.3 is 9.64 Å². The fourth-order valence-electron chi connectivity index (χ4n) is 2.85. The van der Waals surface area contributed by atoms with Crippen LogP contribution in [-0.2, 0) is 17.8 Å². The lowest BCUT2D eigenvalue weighted by molar-refractivity contribution is 0.0194. The van der Waals surface area contributed by atoms with E-state index in [9.17, 15) is 4.79 Å². The molecule has 0 radical (unpaired) electrons. The Kier molecular flexibility index (Phi) is 4.07. The summed E-state index contributed by atoms with van der Waals surface area (Å²) in [5, 5.41) is 4.71. The van der Waals surface area contributed by atoms with Crippen molar-refractivity contribution in [3.05, 3.63) is 35.2 Å². The number of aromatic nitrogens is 3. The lowest BCUT2D eigenvalue weighted by Gasteiger charge is -2.30. The van der Waals surface area contributed by atoms with Gasteiger partial charge in [-0.1, -0.05) is 6.07 Å². The van der Waals surface area contributed by atoms with Gasteiger partial charge in [-0.25, -0.2) is 4.79 Å². The number of carbonyl (C=O) groups is 1. The Labute approximate surface area is 142 Å². The molecule has 0 bridgehead atoms. The number of nitrogens with zero attached hydrogens (tertiary/aromatic N) is 4. The molecule has 24 heavy (non-hydrogen) atoms. The van der Waals surface area contributed by atoms with Gasteiger partial charge in [0.05, 0.1) is 24.5 Å². The summed E-state index contributed by atoms with van der Waals surface area (Å²) in [7, 11) is 0. The van der Waals surface area contributed by atoms with Crippen LogP contribution in [0.2, 0.25) is 0 Å². The van der Waals surface area contributed by atoms with Crippen LogP contribution in [0, 0.1) is 13.8 Å². The highest BCUT2D eigenvalue weighted by Gasteiger charge is 2.28. The summed E-state index contributed by atoms with van der Waals surface area (Å²) in [6.45, 7) is 11.4. The Morgan fingerprint density at radius 3 is 2.62 bits per heavy atom. The van der Waals surface area contributed by atoms with E-state index in [0.717, 1.165) is 28.3 Å². The van der Waals surface area contributed by atoms with E-state index in [4.69, 9.17) is 9.84 Å². The Bertz CT molecular complexity index is 774. The van der Waals surface area contributed by atoms with Gasteiger partial charge in [0.15, 0.2) is 0 Å². The molecule has 6 nitrogen and oxygen atoms in total. The van der Waals surface area contributed by atoms with E-state index in [2.05, 4.69) is 4.98 Å². The molecule has 1 aliphatic heterocycles. The molecule has 2 aromatic heterocycles. The van der Waals surface area contributed by atoms with Crippen LogP contribution in [0.3, 0.4) is 0 Å². The maximum Gasteiger partial charge on any atom is 0.410 e. The van der Waals surface area contributed by atoms with Gasteiger partial charge in [0.1, 0.15) is 11.3 Å². The van der Waals surface area contributed by atoms with Crippen LogP contribution in [-0.4, -0.2) is 37.9 Å². The van der Waals surface area contributed by atoms with Crippen molar-refractivity contribution in [2.24, 2.45) is 0 Å². The number of hydrogen-bond donors (Lipinski definition) is 0. The highest BCUT2D eigenvalue weighted by molar-refractivity contribution is 5.69. The van der Waals surface area contributed by atoms with E-state index >= 15 is 0 Å². The SMILES string of the molecule is Cc1cccc(-c2nn3c(c2C)CN(C(=O)OC(C)(C)C)CC3)n1. The second-order valence-corrected chi connectivity index (χ2v) is 7.21. The molecule has 0 saturated heterocycles. The molecule has 0 spiro atoms. The first-order chi connectivity index (χ1) is 11.2. The average Bonchev–Trinajstić information content (AvgIpc) is 2.82. The zero-order chi connectivity index (χ0) is 17.5. The largest absolute Gasteiger partial charge is 0.444 e. The third-order valence-corrected chi connectivity index (χ3v) is 4.03. The zero-order valence-electron chi connectivity index (χ0n) is 15.0. The Morgan fingerprint density at radius 1 is 1.21 bits per heavy atom. The van der Waals surface area contributed by atoms with Gasteiger partial charge in [0.25, 0.3) is 0 Å².